The molecule has 3 aromatic rings. The fourth-order valence-electron chi connectivity index (χ4n) is 2.67. The molecule has 0 aliphatic carbocycles. The Morgan fingerprint density at radius 2 is 2.12 bits per heavy atom. The zero-order chi connectivity index (χ0) is 17.6. The van der Waals surface area contributed by atoms with Crippen LogP contribution < -0.4 is 10.6 Å². The first kappa shape index (κ1) is 17.0. The number of aryl methyl sites for hydroxylation is 1. The number of methoxy groups -OCH3 is 1. The van der Waals surface area contributed by atoms with Crippen LogP contribution in [0.25, 0.3) is 5.52 Å². The summed E-state index contributed by atoms with van der Waals surface area (Å²) in [6.07, 6.45) is 3.46. The molecule has 0 atom stereocenters. The third-order valence-electron chi connectivity index (χ3n) is 4.00. The van der Waals surface area contributed by atoms with Crippen LogP contribution in [-0.4, -0.2) is 35.8 Å². The summed E-state index contributed by atoms with van der Waals surface area (Å²) in [7, 11) is 1.67. The number of para-hydroxylation sites is 1. The number of carbonyl (C=O) groups is 1. The quantitative estimate of drug-likeness (QED) is 0.650. The van der Waals surface area contributed by atoms with E-state index < -0.39 is 0 Å². The molecule has 0 unspecified atom stereocenters. The standard InChI is InChI=1S/C19H22N4O2/c1-14-7-9-23-18(11-14)16(13-22-23)19(24)21-12-15-5-3-4-6-17(15)20-8-10-25-2/h3-7,9,11,13,20H,8,10,12H2,1-2H3,(H,21,24). The number of rotatable bonds is 7. The fraction of sp³-hybridized carbons (Fsp3) is 0.263. The van der Waals surface area contributed by atoms with Crippen molar-refractivity contribution in [2.45, 2.75) is 13.5 Å². The van der Waals surface area contributed by atoms with E-state index in [0.29, 0.717) is 18.7 Å². The summed E-state index contributed by atoms with van der Waals surface area (Å²) in [5.74, 6) is -0.132. The number of nitrogens with zero attached hydrogens (tertiary/aromatic N) is 2. The average Bonchev–Trinajstić information content (AvgIpc) is 3.04. The van der Waals surface area contributed by atoms with Crippen LogP contribution in [0.2, 0.25) is 0 Å². The van der Waals surface area contributed by atoms with E-state index in [1.807, 2.05) is 49.5 Å². The summed E-state index contributed by atoms with van der Waals surface area (Å²) in [6.45, 7) is 3.78. The van der Waals surface area contributed by atoms with Crippen LogP contribution in [0.3, 0.4) is 0 Å². The number of aromatic nitrogens is 2. The second kappa shape index (κ2) is 7.81. The van der Waals surface area contributed by atoms with E-state index in [4.69, 9.17) is 4.74 Å². The van der Waals surface area contributed by atoms with Crippen molar-refractivity contribution in [1.29, 1.82) is 0 Å². The van der Waals surface area contributed by atoms with Gasteiger partial charge in [0.1, 0.15) is 0 Å². The van der Waals surface area contributed by atoms with E-state index >= 15 is 0 Å². The zero-order valence-corrected chi connectivity index (χ0v) is 14.5. The Hall–Kier alpha value is -2.86. The summed E-state index contributed by atoms with van der Waals surface area (Å²) < 4.78 is 6.77. The molecule has 25 heavy (non-hydrogen) atoms. The van der Waals surface area contributed by atoms with Gasteiger partial charge in [0.2, 0.25) is 0 Å². The second-order valence-corrected chi connectivity index (χ2v) is 5.85. The van der Waals surface area contributed by atoms with E-state index in [9.17, 15) is 4.79 Å². The number of hydrogen-bond donors (Lipinski definition) is 2. The maximum absolute atomic E-state index is 12.6. The molecule has 130 valence electrons. The molecule has 3 rings (SSSR count). The van der Waals surface area contributed by atoms with Gasteiger partial charge in [-0.2, -0.15) is 5.10 Å². The summed E-state index contributed by atoms with van der Waals surface area (Å²) in [4.78, 5) is 12.6. The van der Waals surface area contributed by atoms with Crippen LogP contribution in [0.4, 0.5) is 5.69 Å². The van der Waals surface area contributed by atoms with Gasteiger partial charge in [-0.3, -0.25) is 4.79 Å². The Kier molecular flexibility index (Phi) is 5.30. The SMILES string of the molecule is COCCNc1ccccc1CNC(=O)c1cnn2ccc(C)cc12. The number of fused-ring (bicyclic) bond motifs is 1. The Bertz CT molecular complexity index is 873. The van der Waals surface area contributed by atoms with Crippen LogP contribution in [0.15, 0.2) is 48.8 Å². The predicted octanol–water partition coefficient (Wildman–Crippen LogP) is 2.63. The molecule has 6 nitrogen and oxygen atoms in total. The molecule has 6 heteroatoms. The van der Waals surface area contributed by atoms with Gasteiger partial charge in [0.15, 0.2) is 0 Å². The summed E-state index contributed by atoms with van der Waals surface area (Å²) >= 11 is 0. The molecule has 0 spiro atoms. The number of amides is 1. The Morgan fingerprint density at radius 1 is 1.28 bits per heavy atom. The summed E-state index contributed by atoms with van der Waals surface area (Å²) in [5, 5.41) is 10.5. The number of nitrogens with one attached hydrogen (secondary N) is 2. The fourth-order valence-corrected chi connectivity index (χ4v) is 2.67. The highest BCUT2D eigenvalue weighted by atomic mass is 16.5. The largest absolute Gasteiger partial charge is 0.383 e. The first-order chi connectivity index (χ1) is 12.2. The van der Waals surface area contributed by atoms with Crippen molar-refractivity contribution in [1.82, 2.24) is 14.9 Å². The number of benzene rings is 1. The lowest BCUT2D eigenvalue weighted by atomic mass is 10.1. The van der Waals surface area contributed by atoms with Gasteiger partial charge in [-0.15, -0.1) is 0 Å². The molecule has 1 amide bonds. The minimum Gasteiger partial charge on any atom is -0.383 e. The number of carbonyl (C=O) groups excluding carboxylic acids is 1. The molecule has 0 radical (unpaired) electrons. The molecule has 0 aliphatic heterocycles. The highest BCUT2D eigenvalue weighted by Gasteiger charge is 2.13. The van der Waals surface area contributed by atoms with Gasteiger partial charge >= 0.3 is 0 Å². The Balaban J connectivity index is 1.71. The highest BCUT2D eigenvalue weighted by molar-refractivity contribution is 6.00. The minimum atomic E-state index is -0.132. The van der Waals surface area contributed by atoms with Gasteiger partial charge in [0.05, 0.1) is 23.9 Å². The lowest BCUT2D eigenvalue weighted by Crippen LogP contribution is -2.23. The topological polar surface area (TPSA) is 67.7 Å². The number of anilines is 1. The van der Waals surface area contributed by atoms with Gasteiger partial charge < -0.3 is 15.4 Å². The van der Waals surface area contributed by atoms with E-state index in [2.05, 4.69) is 15.7 Å². The van der Waals surface area contributed by atoms with E-state index in [0.717, 1.165) is 28.9 Å². The first-order valence-corrected chi connectivity index (χ1v) is 8.22. The molecule has 2 aromatic heterocycles. The predicted molar refractivity (Wildman–Crippen MR) is 97.9 cm³/mol. The highest BCUT2D eigenvalue weighted by Crippen LogP contribution is 2.16. The van der Waals surface area contributed by atoms with Gasteiger partial charge in [0, 0.05) is 32.1 Å². The molecule has 0 bridgehead atoms. The molecule has 0 saturated heterocycles. The van der Waals surface area contributed by atoms with Crippen molar-refractivity contribution in [2.75, 3.05) is 25.6 Å². The second-order valence-electron chi connectivity index (χ2n) is 5.85. The molecule has 1 aromatic carbocycles. The summed E-state index contributed by atoms with van der Waals surface area (Å²) in [6, 6.07) is 11.8. The monoisotopic (exact) mass is 338 g/mol. The normalized spacial score (nSPS) is 10.8. The lowest BCUT2D eigenvalue weighted by molar-refractivity contribution is 0.0952. The van der Waals surface area contributed by atoms with Crippen LogP contribution in [0, 0.1) is 6.92 Å². The summed E-state index contributed by atoms with van der Waals surface area (Å²) in [5.41, 5.74) is 4.50. The van der Waals surface area contributed by atoms with E-state index in [1.54, 1.807) is 17.8 Å². The third-order valence-corrected chi connectivity index (χ3v) is 4.00. The van der Waals surface area contributed by atoms with Crippen LogP contribution in [0.1, 0.15) is 21.5 Å². The maximum atomic E-state index is 12.6. The molecular weight excluding hydrogens is 316 g/mol. The third kappa shape index (κ3) is 3.97. The Morgan fingerprint density at radius 3 is 2.96 bits per heavy atom. The lowest BCUT2D eigenvalue weighted by Gasteiger charge is -2.12. The molecule has 0 saturated carbocycles. The molecule has 2 heterocycles. The number of pyridine rings is 1. The molecule has 2 N–H and O–H groups in total. The Labute approximate surface area is 146 Å². The first-order valence-electron chi connectivity index (χ1n) is 8.22. The van der Waals surface area contributed by atoms with Crippen molar-refractivity contribution in [3.8, 4) is 0 Å². The van der Waals surface area contributed by atoms with E-state index in [-0.39, 0.29) is 5.91 Å². The zero-order valence-electron chi connectivity index (χ0n) is 14.5. The van der Waals surface area contributed by atoms with Gasteiger partial charge in [-0.1, -0.05) is 18.2 Å². The molecule has 0 aliphatic rings. The van der Waals surface area contributed by atoms with Crippen molar-refractivity contribution >= 4 is 17.1 Å². The number of ether oxygens (including phenoxy) is 1. The van der Waals surface area contributed by atoms with E-state index in [1.165, 1.54) is 0 Å². The van der Waals surface area contributed by atoms with Crippen LogP contribution in [0.5, 0.6) is 0 Å². The van der Waals surface area contributed by atoms with Crippen molar-refractivity contribution in [3.05, 3.63) is 65.5 Å². The van der Waals surface area contributed by atoms with Gasteiger partial charge in [0.25, 0.3) is 5.91 Å². The van der Waals surface area contributed by atoms with Crippen LogP contribution in [-0.2, 0) is 11.3 Å². The molecule has 0 fully saturated rings. The number of hydrogen-bond acceptors (Lipinski definition) is 4. The van der Waals surface area contributed by atoms with Crippen molar-refractivity contribution in [3.63, 3.8) is 0 Å². The smallest absolute Gasteiger partial charge is 0.255 e. The molecular formula is C19H22N4O2. The maximum Gasteiger partial charge on any atom is 0.255 e. The van der Waals surface area contributed by atoms with Gasteiger partial charge in [-0.25, -0.2) is 4.52 Å². The average molecular weight is 338 g/mol. The minimum absolute atomic E-state index is 0.132. The van der Waals surface area contributed by atoms with Crippen molar-refractivity contribution in [2.24, 2.45) is 0 Å². The van der Waals surface area contributed by atoms with Crippen molar-refractivity contribution < 1.29 is 9.53 Å². The van der Waals surface area contributed by atoms with Crippen LogP contribution >= 0.6 is 0 Å². The van der Waals surface area contributed by atoms with Gasteiger partial charge in [-0.05, 0) is 36.2 Å².